The highest BCUT2D eigenvalue weighted by Crippen LogP contribution is 2.19. The Kier molecular flexibility index (Phi) is 4.76. The second-order valence-corrected chi connectivity index (χ2v) is 7.49. The number of hydrogen-bond donors (Lipinski definition) is 0. The highest BCUT2D eigenvalue weighted by Gasteiger charge is 2.12. The Labute approximate surface area is 157 Å². The summed E-state index contributed by atoms with van der Waals surface area (Å²) in [6.07, 6.45) is 1.86. The molecule has 2 aromatic heterocycles. The molecule has 0 amide bonds. The number of nitrogens with zero attached hydrogens (tertiary/aromatic N) is 4. The van der Waals surface area contributed by atoms with Gasteiger partial charge in [0.1, 0.15) is 17.4 Å². The van der Waals surface area contributed by atoms with E-state index in [0.717, 1.165) is 33.0 Å². The smallest absolute Gasteiger partial charge is 0.234 e. The second-order valence-electron chi connectivity index (χ2n) is 5.53. The Balaban J connectivity index is 1.44. The maximum Gasteiger partial charge on any atom is 0.234 e. The average molecular weight is 415 g/mol. The number of aromatic nitrogens is 4. The van der Waals surface area contributed by atoms with Crippen molar-refractivity contribution in [2.75, 3.05) is 0 Å². The zero-order chi connectivity index (χ0) is 17.1. The summed E-state index contributed by atoms with van der Waals surface area (Å²) in [6, 6.07) is 18.1. The average Bonchev–Trinajstić information content (AvgIpc) is 3.21. The summed E-state index contributed by atoms with van der Waals surface area (Å²) in [5.74, 6) is 1.50. The van der Waals surface area contributed by atoms with Crippen LogP contribution < -0.4 is 4.74 Å². The molecule has 5 nitrogen and oxygen atoms in total. The van der Waals surface area contributed by atoms with Crippen LogP contribution >= 0.6 is 27.3 Å². The van der Waals surface area contributed by atoms with Gasteiger partial charge in [0.15, 0.2) is 5.82 Å². The van der Waals surface area contributed by atoms with E-state index in [-0.39, 0.29) is 0 Å². The fraction of sp³-hybridized carbons (Fsp3) is 0.167. The van der Waals surface area contributed by atoms with E-state index in [1.165, 1.54) is 5.56 Å². The molecule has 4 rings (SSSR count). The predicted molar refractivity (Wildman–Crippen MR) is 101 cm³/mol. The molecule has 0 bridgehead atoms. The summed E-state index contributed by atoms with van der Waals surface area (Å²) < 4.78 is 8.57. The predicted octanol–water partition coefficient (Wildman–Crippen LogP) is 4.31. The third kappa shape index (κ3) is 3.88. The zero-order valence-electron chi connectivity index (χ0n) is 13.3. The van der Waals surface area contributed by atoms with Crippen LogP contribution in [0.25, 0.3) is 4.96 Å². The van der Waals surface area contributed by atoms with Crippen molar-refractivity contribution in [1.29, 1.82) is 0 Å². The zero-order valence-corrected chi connectivity index (χ0v) is 15.7. The van der Waals surface area contributed by atoms with Gasteiger partial charge in [0.2, 0.25) is 4.96 Å². The number of rotatable bonds is 6. The van der Waals surface area contributed by atoms with Gasteiger partial charge < -0.3 is 4.74 Å². The number of ether oxygens (including phenoxy) is 1. The van der Waals surface area contributed by atoms with Gasteiger partial charge in [0.25, 0.3) is 0 Å². The second kappa shape index (κ2) is 7.33. The molecule has 0 atom stereocenters. The molecule has 0 fully saturated rings. The summed E-state index contributed by atoms with van der Waals surface area (Å²) in [5, 5.41) is 14.1. The molecule has 0 saturated carbocycles. The lowest BCUT2D eigenvalue weighted by Gasteiger charge is -2.03. The lowest BCUT2D eigenvalue weighted by Crippen LogP contribution is -2.03. The maximum absolute atomic E-state index is 5.77. The Morgan fingerprint density at radius 3 is 2.56 bits per heavy atom. The number of fused-ring (bicyclic) bond motifs is 1. The van der Waals surface area contributed by atoms with Gasteiger partial charge in [0, 0.05) is 10.9 Å². The molecule has 25 heavy (non-hydrogen) atoms. The van der Waals surface area contributed by atoms with Crippen LogP contribution in [0.2, 0.25) is 0 Å². The van der Waals surface area contributed by atoms with Crippen LogP contribution in [0.15, 0.2) is 59.1 Å². The van der Waals surface area contributed by atoms with Crippen LogP contribution in [-0.2, 0) is 19.4 Å². The Bertz CT molecular complexity index is 966. The van der Waals surface area contributed by atoms with Crippen molar-refractivity contribution in [3.8, 4) is 5.75 Å². The fourth-order valence-electron chi connectivity index (χ4n) is 2.46. The quantitative estimate of drug-likeness (QED) is 0.471. The molecule has 0 unspecified atom stereocenters. The van der Waals surface area contributed by atoms with Gasteiger partial charge >= 0.3 is 0 Å². The molecule has 4 aromatic rings. The van der Waals surface area contributed by atoms with Crippen molar-refractivity contribution < 1.29 is 4.74 Å². The summed E-state index contributed by atoms with van der Waals surface area (Å²) >= 11 is 4.99. The van der Waals surface area contributed by atoms with Gasteiger partial charge in [-0.3, -0.25) is 0 Å². The van der Waals surface area contributed by atoms with Crippen molar-refractivity contribution in [3.63, 3.8) is 0 Å². The van der Waals surface area contributed by atoms with Gasteiger partial charge in [-0.15, -0.1) is 10.2 Å². The van der Waals surface area contributed by atoms with E-state index in [9.17, 15) is 0 Å². The first-order valence-corrected chi connectivity index (χ1v) is 9.51. The van der Waals surface area contributed by atoms with Crippen LogP contribution in [0.3, 0.4) is 0 Å². The number of benzene rings is 2. The molecule has 0 radical (unpaired) electrons. The molecule has 2 aromatic carbocycles. The third-order valence-corrected chi connectivity index (χ3v) is 5.24. The summed E-state index contributed by atoms with van der Waals surface area (Å²) in [6.45, 7) is 0.338. The van der Waals surface area contributed by atoms with Crippen molar-refractivity contribution in [1.82, 2.24) is 19.8 Å². The SMILES string of the molecule is Brc1ccc(OCc2nnc3sc(CCc4ccccc4)nn23)cc1. The van der Waals surface area contributed by atoms with E-state index >= 15 is 0 Å². The van der Waals surface area contributed by atoms with E-state index in [1.54, 1.807) is 15.9 Å². The largest absolute Gasteiger partial charge is 0.486 e. The van der Waals surface area contributed by atoms with Crippen LogP contribution in [0.4, 0.5) is 0 Å². The van der Waals surface area contributed by atoms with Crippen molar-refractivity contribution in [3.05, 3.63) is 75.5 Å². The first kappa shape index (κ1) is 16.2. The summed E-state index contributed by atoms with van der Waals surface area (Å²) in [4.78, 5) is 0.803. The number of aryl methyl sites for hydroxylation is 2. The van der Waals surface area contributed by atoms with E-state index in [2.05, 4.69) is 55.5 Å². The minimum absolute atomic E-state index is 0.338. The molecule has 0 N–H and O–H groups in total. The van der Waals surface area contributed by atoms with Gasteiger partial charge in [-0.2, -0.15) is 9.61 Å². The molecule has 2 heterocycles. The topological polar surface area (TPSA) is 52.3 Å². The van der Waals surface area contributed by atoms with Crippen LogP contribution in [-0.4, -0.2) is 19.8 Å². The van der Waals surface area contributed by atoms with Crippen LogP contribution in [0.1, 0.15) is 16.4 Å². The molecular formula is C18H15BrN4OS. The molecule has 0 aliphatic rings. The minimum Gasteiger partial charge on any atom is -0.486 e. The lowest BCUT2D eigenvalue weighted by molar-refractivity contribution is 0.292. The highest BCUT2D eigenvalue weighted by molar-refractivity contribution is 9.10. The van der Waals surface area contributed by atoms with Crippen molar-refractivity contribution in [2.24, 2.45) is 0 Å². The number of hydrogen-bond acceptors (Lipinski definition) is 5. The molecule has 0 aliphatic heterocycles. The van der Waals surface area contributed by atoms with Crippen LogP contribution in [0.5, 0.6) is 5.75 Å². The molecular weight excluding hydrogens is 400 g/mol. The van der Waals surface area contributed by atoms with Gasteiger partial charge in [-0.05, 0) is 36.2 Å². The molecule has 126 valence electrons. The van der Waals surface area contributed by atoms with Crippen LogP contribution in [0, 0.1) is 0 Å². The standard InChI is InChI=1S/C18H15BrN4OS/c19-14-7-9-15(10-8-14)24-12-16-20-21-18-23(16)22-17(25-18)11-6-13-4-2-1-3-5-13/h1-5,7-10H,6,11-12H2. The van der Waals surface area contributed by atoms with E-state index in [0.29, 0.717) is 12.4 Å². The summed E-state index contributed by atoms with van der Waals surface area (Å²) in [5.41, 5.74) is 1.31. The Hall–Kier alpha value is -2.25. The molecule has 7 heteroatoms. The van der Waals surface area contributed by atoms with E-state index in [4.69, 9.17) is 4.74 Å². The first-order valence-electron chi connectivity index (χ1n) is 7.90. The van der Waals surface area contributed by atoms with Gasteiger partial charge in [0.05, 0.1) is 0 Å². The molecule has 0 spiro atoms. The highest BCUT2D eigenvalue weighted by atomic mass is 79.9. The number of halogens is 1. The summed E-state index contributed by atoms with van der Waals surface area (Å²) in [7, 11) is 0. The molecule has 0 aliphatic carbocycles. The van der Waals surface area contributed by atoms with Crippen molar-refractivity contribution >= 4 is 32.2 Å². The maximum atomic E-state index is 5.77. The fourth-order valence-corrected chi connectivity index (χ4v) is 3.58. The normalized spacial score (nSPS) is 11.1. The van der Waals surface area contributed by atoms with Gasteiger partial charge in [-0.1, -0.05) is 57.6 Å². The van der Waals surface area contributed by atoms with Gasteiger partial charge in [-0.25, -0.2) is 0 Å². The van der Waals surface area contributed by atoms with E-state index < -0.39 is 0 Å². The third-order valence-electron chi connectivity index (χ3n) is 3.75. The van der Waals surface area contributed by atoms with Crippen molar-refractivity contribution in [2.45, 2.75) is 19.4 Å². The first-order chi connectivity index (χ1) is 12.3. The molecule has 0 saturated heterocycles. The minimum atomic E-state index is 0.338. The monoisotopic (exact) mass is 414 g/mol. The lowest BCUT2D eigenvalue weighted by atomic mass is 10.1. The van der Waals surface area contributed by atoms with E-state index in [1.807, 2.05) is 30.3 Å². The Morgan fingerprint density at radius 2 is 1.76 bits per heavy atom. The Morgan fingerprint density at radius 1 is 0.960 bits per heavy atom.